The number of nitrogens with zero attached hydrogens (tertiary/aromatic N) is 3. The molecule has 0 saturated heterocycles. The first-order valence-electron chi connectivity index (χ1n) is 6.97. The van der Waals surface area contributed by atoms with Crippen LogP contribution < -0.4 is 9.64 Å². The van der Waals surface area contributed by atoms with Gasteiger partial charge in [0, 0.05) is 12.7 Å². The number of hydrogen-bond acceptors (Lipinski definition) is 4. The first-order chi connectivity index (χ1) is 10.9. The summed E-state index contributed by atoms with van der Waals surface area (Å²) in [4.78, 5) is 9.38. The fourth-order valence-corrected chi connectivity index (χ4v) is 2.26. The maximum Gasteiger partial charge on any atom is 0.423 e. The molecule has 0 aliphatic carbocycles. The van der Waals surface area contributed by atoms with E-state index < -0.39 is 17.6 Å². The fourth-order valence-electron chi connectivity index (χ4n) is 2.02. The lowest BCUT2D eigenvalue weighted by Gasteiger charge is -2.23. The van der Waals surface area contributed by atoms with Gasteiger partial charge < -0.3 is 9.64 Å². The Morgan fingerprint density at radius 3 is 2.48 bits per heavy atom. The topological polar surface area (TPSA) is 38.2 Å². The van der Waals surface area contributed by atoms with E-state index in [1.54, 1.807) is 36.1 Å². The van der Waals surface area contributed by atoms with Crippen LogP contribution in [-0.4, -0.2) is 23.1 Å². The van der Waals surface area contributed by atoms with E-state index in [1.807, 2.05) is 6.92 Å². The van der Waals surface area contributed by atoms with E-state index in [-0.39, 0.29) is 12.6 Å². The van der Waals surface area contributed by atoms with Crippen molar-refractivity contribution < 1.29 is 17.9 Å². The first kappa shape index (κ1) is 17.3. The molecule has 1 aromatic carbocycles. The molecule has 1 aromatic heterocycles. The Kier molecular flexibility index (Phi) is 5.30. The summed E-state index contributed by atoms with van der Waals surface area (Å²) < 4.78 is 44.0. The normalized spacial score (nSPS) is 11.4. The summed E-state index contributed by atoms with van der Waals surface area (Å²) in [6, 6.07) is 6.97. The zero-order valence-electron chi connectivity index (χ0n) is 12.6. The molecule has 0 unspecified atom stereocenters. The van der Waals surface area contributed by atoms with E-state index >= 15 is 0 Å². The molecular weight excluding hydrogens is 331 g/mol. The molecule has 23 heavy (non-hydrogen) atoms. The molecule has 0 saturated carbocycles. The zero-order chi connectivity index (χ0) is 17.0. The Bertz CT molecular complexity index is 679. The minimum atomic E-state index is -4.58. The Morgan fingerprint density at radius 1 is 1.22 bits per heavy atom. The molecule has 0 N–H and O–H groups in total. The zero-order valence-corrected chi connectivity index (χ0v) is 13.3. The summed E-state index contributed by atoms with van der Waals surface area (Å²) in [6.45, 7) is 3.91. The van der Waals surface area contributed by atoms with Gasteiger partial charge in [-0.1, -0.05) is 23.7 Å². The van der Waals surface area contributed by atoms with Gasteiger partial charge in [0.05, 0.1) is 17.3 Å². The third-order valence-electron chi connectivity index (χ3n) is 3.03. The van der Waals surface area contributed by atoms with Crippen molar-refractivity contribution >= 4 is 23.2 Å². The molecule has 0 atom stereocenters. The van der Waals surface area contributed by atoms with Crippen molar-refractivity contribution in [3.63, 3.8) is 0 Å². The van der Waals surface area contributed by atoms with Gasteiger partial charge in [-0.25, -0.2) is 4.98 Å². The average Bonchev–Trinajstić information content (AvgIpc) is 2.49. The van der Waals surface area contributed by atoms with Crippen LogP contribution in [0.4, 0.5) is 24.8 Å². The summed E-state index contributed by atoms with van der Waals surface area (Å²) in [5.74, 6) is -0.396. The van der Waals surface area contributed by atoms with Gasteiger partial charge in [0.15, 0.2) is 0 Å². The first-order valence-corrected chi connectivity index (χ1v) is 7.35. The maximum atomic E-state index is 13.0. The molecule has 0 aliphatic heterocycles. The van der Waals surface area contributed by atoms with Crippen LogP contribution in [-0.2, 0) is 6.18 Å². The molecule has 0 radical (unpaired) electrons. The third kappa shape index (κ3) is 3.85. The van der Waals surface area contributed by atoms with Crippen LogP contribution in [0, 0.1) is 0 Å². The number of rotatable bonds is 5. The molecule has 0 fully saturated rings. The molecule has 124 valence electrons. The second-order valence-corrected chi connectivity index (χ2v) is 4.92. The van der Waals surface area contributed by atoms with Crippen LogP contribution in [0.1, 0.15) is 19.4 Å². The molecule has 2 aromatic rings. The Hall–Kier alpha value is -2.02. The van der Waals surface area contributed by atoms with E-state index in [0.29, 0.717) is 17.3 Å². The lowest BCUT2D eigenvalue weighted by Crippen LogP contribution is -2.21. The van der Waals surface area contributed by atoms with Crippen molar-refractivity contribution in [3.8, 4) is 5.88 Å². The number of halogens is 4. The highest BCUT2D eigenvalue weighted by molar-refractivity contribution is 6.33. The smallest absolute Gasteiger partial charge is 0.423 e. The number of hydrogen-bond donors (Lipinski definition) is 0. The van der Waals surface area contributed by atoms with Gasteiger partial charge in [-0.05, 0) is 26.0 Å². The van der Waals surface area contributed by atoms with Gasteiger partial charge in [0.2, 0.25) is 11.8 Å². The van der Waals surface area contributed by atoms with Crippen molar-refractivity contribution in [3.05, 3.63) is 41.0 Å². The van der Waals surface area contributed by atoms with Gasteiger partial charge >= 0.3 is 6.18 Å². The van der Waals surface area contributed by atoms with E-state index in [0.717, 1.165) is 6.20 Å². The third-order valence-corrected chi connectivity index (χ3v) is 3.35. The van der Waals surface area contributed by atoms with E-state index in [9.17, 15) is 13.2 Å². The summed E-state index contributed by atoms with van der Waals surface area (Å²) in [7, 11) is 0. The number of anilines is 2. The minimum absolute atomic E-state index is 0.0672. The van der Waals surface area contributed by atoms with Crippen LogP contribution in [0.3, 0.4) is 0 Å². The lowest BCUT2D eigenvalue weighted by molar-refractivity contribution is -0.139. The van der Waals surface area contributed by atoms with Crippen molar-refractivity contribution in [2.75, 3.05) is 18.1 Å². The number of ether oxygens (including phenoxy) is 1. The summed E-state index contributed by atoms with van der Waals surface area (Å²) in [5.41, 5.74) is -0.391. The van der Waals surface area contributed by atoms with Crippen LogP contribution in [0.2, 0.25) is 5.02 Å². The number of aromatic nitrogens is 2. The van der Waals surface area contributed by atoms with Crippen molar-refractivity contribution in [1.29, 1.82) is 0 Å². The van der Waals surface area contributed by atoms with Crippen LogP contribution >= 0.6 is 11.6 Å². The molecule has 0 aliphatic rings. The Morgan fingerprint density at radius 2 is 1.91 bits per heavy atom. The van der Waals surface area contributed by atoms with Crippen molar-refractivity contribution in [2.24, 2.45) is 0 Å². The highest BCUT2D eigenvalue weighted by atomic mass is 35.5. The quantitative estimate of drug-likeness (QED) is 0.787. The Balaban J connectivity index is 2.50. The second-order valence-electron chi connectivity index (χ2n) is 4.52. The van der Waals surface area contributed by atoms with Gasteiger partial charge in [-0.2, -0.15) is 18.2 Å². The van der Waals surface area contributed by atoms with E-state index in [1.165, 1.54) is 0 Å². The summed E-state index contributed by atoms with van der Waals surface area (Å²) in [6.07, 6.45) is -3.85. The molecule has 4 nitrogen and oxygen atoms in total. The molecule has 0 amide bonds. The standard InChI is InChI=1S/C15H15ClF3N3O/c1-3-22(12-8-6-5-7-11(12)16)14-20-9-10(15(17,18)19)13(21-14)23-4-2/h5-9H,3-4H2,1-2H3. The van der Waals surface area contributed by atoms with Crippen LogP contribution in [0.25, 0.3) is 0 Å². The van der Waals surface area contributed by atoms with Crippen molar-refractivity contribution in [2.45, 2.75) is 20.0 Å². The second kappa shape index (κ2) is 7.04. The van der Waals surface area contributed by atoms with E-state index in [4.69, 9.17) is 16.3 Å². The molecule has 1 heterocycles. The highest BCUT2D eigenvalue weighted by Crippen LogP contribution is 2.37. The number of benzene rings is 1. The number of alkyl halides is 3. The Labute approximate surface area is 136 Å². The predicted octanol–water partition coefficient (Wildman–Crippen LogP) is 4.71. The molecular formula is C15H15ClF3N3O. The predicted molar refractivity (Wildman–Crippen MR) is 82.3 cm³/mol. The molecule has 8 heteroatoms. The van der Waals surface area contributed by atoms with Crippen LogP contribution in [0.5, 0.6) is 5.88 Å². The highest BCUT2D eigenvalue weighted by Gasteiger charge is 2.36. The SMILES string of the molecule is CCOc1nc(N(CC)c2ccccc2Cl)ncc1C(F)(F)F. The maximum absolute atomic E-state index is 13.0. The molecule has 0 spiro atoms. The molecule has 2 rings (SSSR count). The largest absolute Gasteiger partial charge is 0.477 e. The lowest BCUT2D eigenvalue weighted by atomic mass is 10.3. The molecule has 0 bridgehead atoms. The van der Waals surface area contributed by atoms with Gasteiger partial charge in [0.1, 0.15) is 5.56 Å². The average molecular weight is 346 g/mol. The fraction of sp³-hybridized carbons (Fsp3) is 0.333. The van der Waals surface area contributed by atoms with Gasteiger partial charge in [-0.15, -0.1) is 0 Å². The summed E-state index contributed by atoms with van der Waals surface area (Å²) >= 11 is 6.14. The van der Waals surface area contributed by atoms with Crippen molar-refractivity contribution in [1.82, 2.24) is 9.97 Å². The minimum Gasteiger partial charge on any atom is -0.477 e. The number of para-hydroxylation sites is 1. The monoisotopic (exact) mass is 345 g/mol. The summed E-state index contributed by atoms with van der Waals surface area (Å²) in [5, 5.41) is 0.454. The van der Waals surface area contributed by atoms with Crippen LogP contribution in [0.15, 0.2) is 30.5 Å². The van der Waals surface area contributed by atoms with Gasteiger partial charge in [-0.3, -0.25) is 0 Å². The van der Waals surface area contributed by atoms with Gasteiger partial charge in [0.25, 0.3) is 0 Å². The van der Waals surface area contributed by atoms with E-state index in [2.05, 4.69) is 9.97 Å².